The van der Waals surface area contributed by atoms with E-state index in [2.05, 4.69) is 34.1 Å². The van der Waals surface area contributed by atoms with Crippen molar-refractivity contribution in [2.45, 2.75) is 39.1 Å². The lowest BCUT2D eigenvalue weighted by Gasteiger charge is -2.30. The molecule has 4 aromatic rings. The second kappa shape index (κ2) is 8.73. The highest BCUT2D eigenvalue weighted by molar-refractivity contribution is 5.76. The molecule has 0 radical (unpaired) electrons. The quantitative estimate of drug-likeness (QED) is 0.513. The molecule has 1 unspecified atom stereocenters. The van der Waals surface area contributed by atoms with E-state index in [0.29, 0.717) is 13.1 Å². The SMILES string of the molecule is Cc1ccc(Cn2c(=O)n(CC(O)CN3CCc4ccccc4C3)c3ccccc32)cn1. The van der Waals surface area contributed by atoms with Gasteiger partial charge in [-0.15, -0.1) is 0 Å². The summed E-state index contributed by atoms with van der Waals surface area (Å²) in [6.07, 6.45) is 2.18. The predicted molar refractivity (Wildman–Crippen MR) is 126 cm³/mol. The van der Waals surface area contributed by atoms with E-state index >= 15 is 0 Å². The third-order valence-corrected chi connectivity index (χ3v) is 6.31. The lowest BCUT2D eigenvalue weighted by Crippen LogP contribution is -2.39. The number of hydrogen-bond acceptors (Lipinski definition) is 4. The molecule has 1 aliphatic rings. The Morgan fingerprint density at radius 2 is 1.66 bits per heavy atom. The number of aliphatic hydroxyl groups is 1. The minimum atomic E-state index is -0.627. The Bertz CT molecular complexity index is 1290. The third kappa shape index (κ3) is 4.11. The first-order valence-electron chi connectivity index (χ1n) is 11.2. The minimum absolute atomic E-state index is 0.102. The normalized spacial score (nSPS) is 15.1. The van der Waals surface area contributed by atoms with Crippen LogP contribution in [0.4, 0.5) is 0 Å². The van der Waals surface area contributed by atoms with Crippen molar-refractivity contribution in [3.05, 3.63) is 99.7 Å². The lowest BCUT2D eigenvalue weighted by atomic mass is 10.00. The molecule has 0 saturated heterocycles. The number of hydrogen-bond donors (Lipinski definition) is 1. The Kier molecular flexibility index (Phi) is 5.64. The Morgan fingerprint density at radius 3 is 2.41 bits per heavy atom. The zero-order chi connectivity index (χ0) is 22.1. The highest BCUT2D eigenvalue weighted by Crippen LogP contribution is 2.19. The molecule has 2 aromatic heterocycles. The molecule has 0 aliphatic carbocycles. The number of fused-ring (bicyclic) bond motifs is 2. The largest absolute Gasteiger partial charge is 0.390 e. The van der Waals surface area contributed by atoms with Gasteiger partial charge in [-0.3, -0.25) is 19.0 Å². The van der Waals surface area contributed by atoms with E-state index < -0.39 is 6.10 Å². The molecule has 6 nitrogen and oxygen atoms in total. The second-order valence-electron chi connectivity index (χ2n) is 8.68. The van der Waals surface area contributed by atoms with Gasteiger partial charge < -0.3 is 5.11 Å². The monoisotopic (exact) mass is 428 g/mol. The summed E-state index contributed by atoms with van der Waals surface area (Å²) < 4.78 is 3.48. The van der Waals surface area contributed by atoms with E-state index in [1.54, 1.807) is 9.13 Å². The van der Waals surface area contributed by atoms with Gasteiger partial charge in [-0.25, -0.2) is 4.79 Å². The number of para-hydroxylation sites is 2. The van der Waals surface area contributed by atoms with Crippen molar-refractivity contribution in [3.63, 3.8) is 0 Å². The van der Waals surface area contributed by atoms with Gasteiger partial charge in [-0.1, -0.05) is 42.5 Å². The van der Waals surface area contributed by atoms with Crippen molar-refractivity contribution < 1.29 is 5.11 Å². The molecule has 32 heavy (non-hydrogen) atoms. The number of imidazole rings is 1. The van der Waals surface area contributed by atoms with Crippen molar-refractivity contribution in [1.29, 1.82) is 0 Å². The maximum absolute atomic E-state index is 13.3. The zero-order valence-corrected chi connectivity index (χ0v) is 18.3. The van der Waals surface area contributed by atoms with Gasteiger partial charge in [0.2, 0.25) is 0 Å². The number of nitrogens with zero attached hydrogens (tertiary/aromatic N) is 4. The Labute approximate surface area is 187 Å². The van der Waals surface area contributed by atoms with Crippen LogP contribution in [0.2, 0.25) is 0 Å². The molecule has 0 amide bonds. The van der Waals surface area contributed by atoms with Gasteiger partial charge >= 0.3 is 5.69 Å². The first-order valence-corrected chi connectivity index (χ1v) is 11.2. The third-order valence-electron chi connectivity index (χ3n) is 6.31. The van der Waals surface area contributed by atoms with Crippen LogP contribution in [-0.2, 0) is 26.1 Å². The van der Waals surface area contributed by atoms with E-state index in [1.165, 1.54) is 11.1 Å². The van der Waals surface area contributed by atoms with Gasteiger partial charge in [0, 0.05) is 31.5 Å². The molecule has 5 rings (SSSR count). The molecule has 164 valence electrons. The van der Waals surface area contributed by atoms with Crippen molar-refractivity contribution >= 4 is 11.0 Å². The van der Waals surface area contributed by atoms with Crippen LogP contribution >= 0.6 is 0 Å². The van der Waals surface area contributed by atoms with Gasteiger partial charge in [-0.2, -0.15) is 0 Å². The minimum Gasteiger partial charge on any atom is -0.390 e. The number of aromatic nitrogens is 3. The van der Waals surface area contributed by atoms with Crippen molar-refractivity contribution in [2.24, 2.45) is 0 Å². The maximum Gasteiger partial charge on any atom is 0.329 e. The summed E-state index contributed by atoms with van der Waals surface area (Å²) in [6.45, 7) is 4.98. The molecule has 3 heterocycles. The van der Waals surface area contributed by atoms with E-state index in [1.807, 2.05) is 49.5 Å². The second-order valence-corrected chi connectivity index (χ2v) is 8.68. The standard InChI is InChI=1S/C26H28N4O2/c1-19-10-11-20(14-27-19)15-29-24-8-4-5-9-25(24)30(26(29)32)18-23(31)17-28-13-12-21-6-2-3-7-22(21)16-28/h2-11,14,23,31H,12-13,15-18H2,1H3. The summed E-state index contributed by atoms with van der Waals surface area (Å²) in [5, 5.41) is 10.9. The van der Waals surface area contributed by atoms with E-state index in [-0.39, 0.29) is 12.2 Å². The molecule has 0 bridgehead atoms. The van der Waals surface area contributed by atoms with E-state index in [9.17, 15) is 9.90 Å². The average Bonchev–Trinajstić information content (AvgIpc) is 3.06. The topological polar surface area (TPSA) is 63.3 Å². The van der Waals surface area contributed by atoms with Crippen molar-refractivity contribution in [1.82, 2.24) is 19.0 Å². The summed E-state index contributed by atoms with van der Waals surface area (Å²) in [6, 6.07) is 20.2. The van der Waals surface area contributed by atoms with Crippen LogP contribution in [0.5, 0.6) is 0 Å². The van der Waals surface area contributed by atoms with Crippen LogP contribution in [0, 0.1) is 6.92 Å². The Morgan fingerprint density at radius 1 is 0.938 bits per heavy atom. The van der Waals surface area contributed by atoms with Gasteiger partial charge in [0.05, 0.1) is 30.2 Å². The fourth-order valence-electron chi connectivity index (χ4n) is 4.65. The average molecular weight is 429 g/mol. The van der Waals surface area contributed by atoms with Crippen LogP contribution in [0.15, 0.2) is 71.7 Å². The highest BCUT2D eigenvalue weighted by atomic mass is 16.3. The van der Waals surface area contributed by atoms with Crippen LogP contribution in [0.25, 0.3) is 11.0 Å². The molecule has 0 saturated carbocycles. The van der Waals surface area contributed by atoms with Gasteiger partial charge in [0.1, 0.15) is 0 Å². The fraction of sp³-hybridized carbons (Fsp3) is 0.308. The first-order chi connectivity index (χ1) is 15.6. The molecular weight excluding hydrogens is 400 g/mol. The molecule has 1 atom stereocenters. The summed E-state index contributed by atoms with van der Waals surface area (Å²) in [7, 11) is 0. The fourth-order valence-corrected chi connectivity index (χ4v) is 4.65. The van der Waals surface area contributed by atoms with Crippen molar-refractivity contribution in [3.8, 4) is 0 Å². The Balaban J connectivity index is 1.37. The summed E-state index contributed by atoms with van der Waals surface area (Å²) in [4.78, 5) is 20.0. The highest BCUT2D eigenvalue weighted by Gasteiger charge is 2.21. The first kappa shape index (κ1) is 20.7. The van der Waals surface area contributed by atoms with Gasteiger partial charge in [-0.05, 0) is 48.2 Å². The van der Waals surface area contributed by atoms with E-state index in [0.717, 1.165) is 41.8 Å². The zero-order valence-electron chi connectivity index (χ0n) is 18.3. The summed E-state index contributed by atoms with van der Waals surface area (Å²) in [5.74, 6) is 0. The lowest BCUT2D eigenvalue weighted by molar-refractivity contribution is 0.0918. The van der Waals surface area contributed by atoms with E-state index in [4.69, 9.17) is 0 Å². The van der Waals surface area contributed by atoms with Crippen LogP contribution < -0.4 is 5.69 Å². The maximum atomic E-state index is 13.3. The smallest absolute Gasteiger partial charge is 0.329 e. The predicted octanol–water partition coefficient (Wildman–Crippen LogP) is 2.97. The molecule has 0 fully saturated rings. The van der Waals surface area contributed by atoms with Gasteiger partial charge in [0.25, 0.3) is 0 Å². The number of aryl methyl sites for hydroxylation is 1. The summed E-state index contributed by atoms with van der Waals surface area (Å²) >= 11 is 0. The number of aliphatic hydroxyl groups excluding tert-OH is 1. The van der Waals surface area contributed by atoms with Gasteiger partial charge in [0.15, 0.2) is 0 Å². The molecule has 1 aliphatic heterocycles. The van der Waals surface area contributed by atoms with Crippen LogP contribution in [0.1, 0.15) is 22.4 Å². The number of rotatable bonds is 6. The number of β-amino-alcohol motifs (C(OH)–C–C–N with tert-alkyl or cyclic N) is 1. The molecular formula is C26H28N4O2. The van der Waals surface area contributed by atoms with Crippen molar-refractivity contribution in [2.75, 3.05) is 13.1 Å². The van der Waals surface area contributed by atoms with Crippen LogP contribution in [0.3, 0.4) is 0 Å². The molecule has 1 N–H and O–H groups in total. The number of pyridine rings is 1. The molecule has 0 spiro atoms. The number of benzene rings is 2. The molecule has 2 aromatic carbocycles. The molecule has 6 heteroatoms. The Hall–Kier alpha value is -3.22. The van der Waals surface area contributed by atoms with Crippen LogP contribution in [-0.4, -0.2) is 43.3 Å². The summed E-state index contributed by atoms with van der Waals surface area (Å²) in [5.41, 5.74) is 6.27.